The molecule has 0 aliphatic rings. The predicted molar refractivity (Wildman–Crippen MR) is 101 cm³/mol. The lowest BCUT2D eigenvalue weighted by molar-refractivity contribution is -0.307. The summed E-state index contributed by atoms with van der Waals surface area (Å²) < 4.78 is 16.1. The van der Waals surface area contributed by atoms with Crippen LogP contribution in [0, 0.1) is 0 Å². The Bertz CT molecular complexity index is 997. The second-order valence-corrected chi connectivity index (χ2v) is 5.77. The van der Waals surface area contributed by atoms with Crippen molar-refractivity contribution in [1.82, 2.24) is 5.43 Å². The van der Waals surface area contributed by atoms with Gasteiger partial charge in [0.05, 0.1) is 12.2 Å². The van der Waals surface area contributed by atoms with E-state index in [1.807, 2.05) is 30.3 Å². The van der Waals surface area contributed by atoms with E-state index in [2.05, 4.69) is 10.5 Å². The summed E-state index contributed by atoms with van der Waals surface area (Å²) in [5, 5.41) is 14.4. The predicted octanol–water partition coefficient (Wildman–Crippen LogP) is 1.75. The van der Waals surface area contributed by atoms with Gasteiger partial charge < -0.3 is 23.8 Å². The first-order valence-electron chi connectivity index (χ1n) is 8.63. The summed E-state index contributed by atoms with van der Waals surface area (Å²) in [7, 11) is 0. The minimum Gasteiger partial charge on any atom is -0.546 e. The smallest absolute Gasteiger partial charge is 0.307 e. The number of nitrogens with zero attached hydrogens (tertiary/aromatic N) is 1. The number of para-hydroxylation sites is 2. The molecule has 8 nitrogen and oxygen atoms in total. The largest absolute Gasteiger partial charge is 0.546 e. The van der Waals surface area contributed by atoms with Gasteiger partial charge in [-0.25, -0.2) is 5.43 Å². The van der Waals surface area contributed by atoms with E-state index in [0.717, 1.165) is 0 Å². The molecule has 29 heavy (non-hydrogen) atoms. The molecule has 2 aromatic carbocycles. The van der Waals surface area contributed by atoms with Crippen molar-refractivity contribution in [2.24, 2.45) is 5.10 Å². The Kier molecular flexibility index (Phi) is 6.62. The quantitative estimate of drug-likeness (QED) is 0.438. The Morgan fingerprint density at radius 3 is 2.55 bits per heavy atom. The molecular weight excluding hydrogens is 376 g/mol. The monoisotopic (exact) mass is 393 g/mol. The molecule has 0 radical (unpaired) electrons. The fraction of sp³-hybridized carbons (Fsp3) is 0.0952. The molecule has 3 rings (SSSR count). The van der Waals surface area contributed by atoms with E-state index in [4.69, 9.17) is 13.9 Å². The van der Waals surface area contributed by atoms with Crippen LogP contribution in [-0.4, -0.2) is 24.7 Å². The molecule has 0 aliphatic carbocycles. The second-order valence-electron chi connectivity index (χ2n) is 5.77. The van der Waals surface area contributed by atoms with Crippen LogP contribution in [0.5, 0.6) is 11.5 Å². The maximum absolute atomic E-state index is 12.1. The Labute approximate surface area is 166 Å². The molecule has 0 spiro atoms. The number of carboxylic acid groups (broad SMARTS) is 1. The first-order valence-corrected chi connectivity index (χ1v) is 8.63. The van der Waals surface area contributed by atoms with Gasteiger partial charge in [-0.3, -0.25) is 4.79 Å². The number of hydrazone groups is 1. The Morgan fingerprint density at radius 2 is 1.76 bits per heavy atom. The summed E-state index contributed by atoms with van der Waals surface area (Å²) in [5.74, 6) is -0.318. The summed E-state index contributed by atoms with van der Waals surface area (Å²) in [6.07, 6.45) is 1.34. The maximum Gasteiger partial charge on any atom is 0.307 e. The van der Waals surface area contributed by atoms with Crippen LogP contribution < -0.4 is 20.0 Å². The number of carbonyl (C=O) groups excluding carboxylic acids is 2. The van der Waals surface area contributed by atoms with Gasteiger partial charge in [0.15, 0.2) is 5.76 Å². The molecule has 0 saturated heterocycles. The summed E-state index contributed by atoms with van der Waals surface area (Å²) in [4.78, 5) is 22.7. The normalized spacial score (nSPS) is 10.6. The van der Waals surface area contributed by atoms with Gasteiger partial charge in [0, 0.05) is 5.56 Å². The third kappa shape index (κ3) is 5.96. The number of hydrogen-bond acceptors (Lipinski definition) is 7. The van der Waals surface area contributed by atoms with Crippen LogP contribution in [0.4, 0.5) is 0 Å². The van der Waals surface area contributed by atoms with Crippen molar-refractivity contribution < 1.29 is 28.6 Å². The van der Waals surface area contributed by atoms with Crippen molar-refractivity contribution in [1.29, 1.82) is 0 Å². The summed E-state index contributed by atoms with van der Waals surface area (Å²) in [6.45, 7) is -0.402. The van der Waals surface area contributed by atoms with Crippen LogP contribution >= 0.6 is 0 Å². The molecule has 1 amide bonds. The average Bonchev–Trinajstić information content (AvgIpc) is 3.21. The number of ether oxygens (including phenoxy) is 2. The third-order valence-electron chi connectivity index (χ3n) is 3.64. The van der Waals surface area contributed by atoms with Crippen LogP contribution in [0.3, 0.4) is 0 Å². The van der Waals surface area contributed by atoms with Crippen LogP contribution in [0.25, 0.3) is 0 Å². The molecule has 0 fully saturated rings. The third-order valence-corrected chi connectivity index (χ3v) is 3.64. The zero-order valence-electron chi connectivity index (χ0n) is 15.2. The fourth-order valence-electron chi connectivity index (χ4n) is 2.32. The number of carboxylic acids is 1. The Morgan fingerprint density at radius 1 is 1.00 bits per heavy atom. The van der Waals surface area contributed by atoms with Crippen LogP contribution in [0.2, 0.25) is 0 Å². The van der Waals surface area contributed by atoms with Crippen molar-refractivity contribution in [3.05, 3.63) is 83.8 Å². The number of aliphatic carboxylic acids is 1. The van der Waals surface area contributed by atoms with E-state index < -0.39 is 18.5 Å². The van der Waals surface area contributed by atoms with Gasteiger partial charge in [0.2, 0.25) is 0 Å². The SMILES string of the molecule is O=C([O-])COc1ccccc1/C=N\NC(=O)c1ccc(COc2ccccc2)o1. The molecule has 3 aromatic rings. The van der Waals surface area contributed by atoms with E-state index >= 15 is 0 Å². The van der Waals surface area contributed by atoms with E-state index in [0.29, 0.717) is 22.8 Å². The van der Waals surface area contributed by atoms with Crippen molar-refractivity contribution in [3.63, 3.8) is 0 Å². The first-order chi connectivity index (χ1) is 14.1. The van der Waals surface area contributed by atoms with Gasteiger partial charge in [-0.15, -0.1) is 0 Å². The van der Waals surface area contributed by atoms with Gasteiger partial charge in [-0.2, -0.15) is 5.10 Å². The van der Waals surface area contributed by atoms with E-state index in [9.17, 15) is 14.7 Å². The molecule has 148 valence electrons. The zero-order valence-corrected chi connectivity index (χ0v) is 15.2. The molecular formula is C21H17N2O6-. The number of rotatable bonds is 9. The molecule has 1 N–H and O–H groups in total. The van der Waals surface area contributed by atoms with Crippen molar-refractivity contribution in [2.45, 2.75) is 6.61 Å². The maximum atomic E-state index is 12.1. The molecule has 1 heterocycles. The summed E-state index contributed by atoms with van der Waals surface area (Å²) >= 11 is 0. The lowest BCUT2D eigenvalue weighted by atomic mass is 10.2. The van der Waals surface area contributed by atoms with Gasteiger partial charge in [0.1, 0.15) is 30.5 Å². The number of nitrogens with one attached hydrogen (secondary N) is 1. The standard InChI is InChI=1S/C21H18N2O6/c24-20(25)14-28-18-9-5-4-6-15(18)12-22-23-21(26)19-11-10-17(29-19)13-27-16-7-2-1-3-8-16/h1-12H,13-14H2,(H,23,26)(H,24,25)/p-1/b22-12-. The van der Waals surface area contributed by atoms with Crippen molar-refractivity contribution in [2.75, 3.05) is 6.61 Å². The lowest BCUT2D eigenvalue weighted by Gasteiger charge is -2.08. The first kappa shape index (κ1) is 19.7. The zero-order chi connectivity index (χ0) is 20.5. The lowest BCUT2D eigenvalue weighted by Crippen LogP contribution is -2.29. The molecule has 0 saturated carbocycles. The second kappa shape index (κ2) is 9.75. The molecule has 0 atom stereocenters. The Balaban J connectivity index is 1.55. The van der Waals surface area contributed by atoms with Gasteiger partial charge in [-0.05, 0) is 36.4 Å². The van der Waals surface area contributed by atoms with Gasteiger partial charge in [-0.1, -0.05) is 30.3 Å². The van der Waals surface area contributed by atoms with Crippen LogP contribution in [0.15, 0.2) is 76.2 Å². The van der Waals surface area contributed by atoms with Crippen LogP contribution in [0.1, 0.15) is 21.9 Å². The number of hydrogen-bond donors (Lipinski definition) is 1. The van der Waals surface area contributed by atoms with Crippen molar-refractivity contribution >= 4 is 18.1 Å². The number of furan rings is 1. The highest BCUT2D eigenvalue weighted by atomic mass is 16.5. The van der Waals surface area contributed by atoms with Crippen molar-refractivity contribution in [3.8, 4) is 11.5 Å². The molecule has 1 aromatic heterocycles. The van der Waals surface area contributed by atoms with E-state index in [1.54, 1.807) is 30.3 Å². The number of carbonyl (C=O) groups is 2. The fourth-order valence-corrected chi connectivity index (χ4v) is 2.32. The highest BCUT2D eigenvalue weighted by Gasteiger charge is 2.11. The van der Waals surface area contributed by atoms with E-state index in [-0.39, 0.29) is 12.4 Å². The highest BCUT2D eigenvalue weighted by molar-refractivity contribution is 5.92. The van der Waals surface area contributed by atoms with E-state index in [1.165, 1.54) is 12.3 Å². The average molecular weight is 393 g/mol. The minimum atomic E-state index is -1.34. The number of amides is 1. The molecule has 8 heteroatoms. The van der Waals surface area contributed by atoms with Gasteiger partial charge in [0.25, 0.3) is 0 Å². The summed E-state index contributed by atoms with van der Waals surface area (Å²) in [5.41, 5.74) is 2.83. The Hall–Kier alpha value is -4.07. The molecule has 0 bridgehead atoms. The number of benzene rings is 2. The molecule has 0 unspecified atom stereocenters. The van der Waals surface area contributed by atoms with Crippen LogP contribution in [-0.2, 0) is 11.4 Å². The summed E-state index contributed by atoms with van der Waals surface area (Å²) in [6, 6.07) is 19.0. The van der Waals surface area contributed by atoms with Gasteiger partial charge >= 0.3 is 5.91 Å². The molecule has 0 aliphatic heterocycles. The minimum absolute atomic E-state index is 0.0790. The highest BCUT2D eigenvalue weighted by Crippen LogP contribution is 2.16. The topological polar surface area (TPSA) is 113 Å².